The number of ether oxygens (including phenoxy) is 1. The smallest absolute Gasteiger partial charge is 0.355 e. The lowest BCUT2D eigenvalue weighted by Crippen LogP contribution is -2.18. The van der Waals surface area contributed by atoms with E-state index in [9.17, 15) is 9.59 Å². The maximum Gasteiger partial charge on any atom is 0.355 e. The molecule has 0 aliphatic carbocycles. The normalized spacial score (nSPS) is 11.2. The van der Waals surface area contributed by atoms with Crippen molar-refractivity contribution >= 4 is 62.7 Å². The predicted octanol–water partition coefficient (Wildman–Crippen LogP) is 6.44. The number of hydrogen-bond acceptors (Lipinski definition) is 6. The van der Waals surface area contributed by atoms with E-state index >= 15 is 0 Å². The first-order chi connectivity index (χ1) is 18.0. The Morgan fingerprint density at radius 2 is 1.76 bits per heavy atom. The highest BCUT2D eigenvalue weighted by Crippen LogP contribution is 2.35. The highest BCUT2D eigenvalue weighted by molar-refractivity contribution is 7.21. The Morgan fingerprint density at radius 3 is 2.51 bits per heavy atom. The van der Waals surface area contributed by atoms with Crippen molar-refractivity contribution in [2.45, 2.75) is 6.54 Å². The molecule has 0 radical (unpaired) electrons. The summed E-state index contributed by atoms with van der Waals surface area (Å²) in [5, 5.41) is 10.1. The average molecular weight is 549 g/mol. The number of fused-ring (bicyclic) bond motifs is 1. The van der Waals surface area contributed by atoms with Gasteiger partial charge in [0.05, 0.1) is 17.8 Å². The van der Waals surface area contributed by atoms with E-state index in [2.05, 4.69) is 15.6 Å². The monoisotopic (exact) mass is 548 g/mol. The number of nitrogens with zero attached hydrogens (tertiary/aromatic N) is 3. The molecule has 3 aromatic carbocycles. The third-order valence-corrected chi connectivity index (χ3v) is 7.23. The van der Waals surface area contributed by atoms with E-state index in [1.807, 2.05) is 36.4 Å². The van der Waals surface area contributed by atoms with Crippen molar-refractivity contribution in [3.8, 4) is 5.75 Å². The molecule has 1 amide bonds. The SMILES string of the molecule is O=C(N/N=C/c1ccc(OC(=O)c2sc3ccccc3c2Cl)cc1)c1ccn(Cc2ccc(Cl)cc2)n1. The lowest BCUT2D eigenvalue weighted by molar-refractivity contribution is 0.0739. The molecule has 0 bridgehead atoms. The van der Waals surface area contributed by atoms with E-state index < -0.39 is 11.9 Å². The zero-order valence-electron chi connectivity index (χ0n) is 19.1. The molecule has 0 atom stereocenters. The molecule has 0 saturated heterocycles. The maximum atomic E-state index is 12.6. The van der Waals surface area contributed by atoms with Gasteiger partial charge in [-0.3, -0.25) is 9.48 Å². The van der Waals surface area contributed by atoms with Crippen LogP contribution in [0.5, 0.6) is 5.75 Å². The Hall–Kier alpha value is -3.98. The number of thiophene rings is 1. The first-order valence-corrected chi connectivity index (χ1v) is 12.6. The molecule has 10 heteroatoms. The molecule has 2 heterocycles. The van der Waals surface area contributed by atoms with Crippen LogP contribution in [-0.4, -0.2) is 27.9 Å². The van der Waals surface area contributed by atoms with Crippen LogP contribution >= 0.6 is 34.5 Å². The molecule has 0 saturated carbocycles. The third-order valence-electron chi connectivity index (χ3n) is 5.32. The Kier molecular flexibility index (Phi) is 7.32. The molecule has 0 spiro atoms. The zero-order valence-corrected chi connectivity index (χ0v) is 21.4. The number of nitrogens with one attached hydrogen (secondary N) is 1. The highest BCUT2D eigenvalue weighted by Gasteiger charge is 2.19. The third kappa shape index (κ3) is 5.89. The number of benzene rings is 3. The number of carbonyl (C=O) groups excluding carboxylic acids is 2. The Bertz CT molecular complexity index is 1610. The fourth-order valence-electron chi connectivity index (χ4n) is 3.49. The van der Waals surface area contributed by atoms with Gasteiger partial charge in [-0.2, -0.15) is 10.2 Å². The minimum absolute atomic E-state index is 0.244. The van der Waals surface area contributed by atoms with Crippen molar-refractivity contribution in [2.75, 3.05) is 0 Å². The number of aromatic nitrogens is 2. The van der Waals surface area contributed by atoms with Crippen LogP contribution in [0.15, 0.2) is 90.2 Å². The van der Waals surface area contributed by atoms with E-state index in [0.717, 1.165) is 15.6 Å². The van der Waals surface area contributed by atoms with Crippen molar-refractivity contribution in [3.05, 3.63) is 117 Å². The zero-order chi connectivity index (χ0) is 25.8. The average Bonchev–Trinajstić information content (AvgIpc) is 3.51. The summed E-state index contributed by atoms with van der Waals surface area (Å²) in [4.78, 5) is 25.3. The van der Waals surface area contributed by atoms with Gasteiger partial charge in [0.1, 0.15) is 10.6 Å². The van der Waals surface area contributed by atoms with Crippen LogP contribution < -0.4 is 10.2 Å². The van der Waals surface area contributed by atoms with Gasteiger partial charge in [0.25, 0.3) is 5.91 Å². The van der Waals surface area contributed by atoms with Gasteiger partial charge in [-0.05, 0) is 59.7 Å². The molecule has 0 aliphatic heterocycles. The molecule has 184 valence electrons. The molecule has 5 rings (SSSR count). The summed E-state index contributed by atoms with van der Waals surface area (Å²) in [6, 6.07) is 23.3. The van der Waals surface area contributed by atoms with Gasteiger partial charge in [-0.1, -0.05) is 53.5 Å². The van der Waals surface area contributed by atoms with Crippen molar-refractivity contribution in [2.24, 2.45) is 5.10 Å². The van der Waals surface area contributed by atoms with Gasteiger partial charge in [0.2, 0.25) is 0 Å². The minimum Gasteiger partial charge on any atom is -0.422 e. The van der Waals surface area contributed by atoms with Gasteiger partial charge in [-0.25, -0.2) is 10.2 Å². The molecular formula is C27H18Cl2N4O3S. The van der Waals surface area contributed by atoms with Crippen LogP contribution in [-0.2, 0) is 6.54 Å². The van der Waals surface area contributed by atoms with Gasteiger partial charge >= 0.3 is 5.97 Å². The van der Waals surface area contributed by atoms with E-state index in [1.54, 1.807) is 53.3 Å². The summed E-state index contributed by atoms with van der Waals surface area (Å²) in [5.74, 6) is -0.585. The van der Waals surface area contributed by atoms with Gasteiger partial charge in [-0.15, -0.1) is 11.3 Å². The number of hydrazone groups is 1. The summed E-state index contributed by atoms with van der Waals surface area (Å²) >= 11 is 13.6. The highest BCUT2D eigenvalue weighted by atomic mass is 35.5. The number of rotatable bonds is 7. The molecule has 0 unspecified atom stereocenters. The lowest BCUT2D eigenvalue weighted by atomic mass is 10.2. The van der Waals surface area contributed by atoms with Crippen LogP contribution in [0.1, 0.15) is 31.3 Å². The first kappa shape index (κ1) is 24.7. The molecule has 0 fully saturated rings. The summed E-state index contributed by atoms with van der Waals surface area (Å²) in [6.07, 6.45) is 3.20. The second-order valence-corrected chi connectivity index (χ2v) is 9.79. The lowest BCUT2D eigenvalue weighted by Gasteiger charge is -2.03. The molecule has 5 aromatic rings. The molecule has 1 N–H and O–H groups in total. The van der Waals surface area contributed by atoms with Crippen molar-refractivity contribution in [1.29, 1.82) is 0 Å². The Balaban J connectivity index is 1.15. The summed E-state index contributed by atoms with van der Waals surface area (Å²) in [5.41, 5.74) is 4.42. The molecular weight excluding hydrogens is 531 g/mol. The van der Waals surface area contributed by atoms with Crippen LogP contribution in [0.25, 0.3) is 10.1 Å². The van der Waals surface area contributed by atoms with E-state index in [0.29, 0.717) is 32.8 Å². The predicted molar refractivity (Wildman–Crippen MR) is 146 cm³/mol. The van der Waals surface area contributed by atoms with Gasteiger partial charge < -0.3 is 4.74 Å². The number of esters is 1. The standard InChI is InChI=1S/C27H18Cl2N4O3S/c28-19-9-5-18(6-10-19)16-33-14-13-22(32-33)26(34)31-30-15-17-7-11-20(12-8-17)36-27(35)25-24(29)21-3-1-2-4-23(21)37-25/h1-15H,16H2,(H,31,34)/b30-15+. The van der Waals surface area contributed by atoms with Crippen LogP contribution in [0.4, 0.5) is 0 Å². The second-order valence-electron chi connectivity index (χ2n) is 7.92. The quantitative estimate of drug-likeness (QED) is 0.110. The van der Waals surface area contributed by atoms with E-state index in [-0.39, 0.29) is 5.69 Å². The fourth-order valence-corrected chi connectivity index (χ4v) is 5.00. The van der Waals surface area contributed by atoms with Crippen LogP contribution in [0, 0.1) is 0 Å². The minimum atomic E-state index is -0.518. The second kappa shape index (κ2) is 11.0. The summed E-state index contributed by atoms with van der Waals surface area (Å²) in [7, 11) is 0. The molecule has 7 nitrogen and oxygen atoms in total. The van der Waals surface area contributed by atoms with Crippen molar-refractivity contribution < 1.29 is 14.3 Å². The molecule has 37 heavy (non-hydrogen) atoms. The van der Waals surface area contributed by atoms with Crippen LogP contribution in [0.3, 0.4) is 0 Å². The largest absolute Gasteiger partial charge is 0.422 e. The first-order valence-electron chi connectivity index (χ1n) is 11.1. The van der Waals surface area contributed by atoms with Crippen LogP contribution in [0.2, 0.25) is 10.0 Å². The number of hydrogen-bond donors (Lipinski definition) is 1. The summed E-state index contributed by atoms with van der Waals surface area (Å²) in [6.45, 7) is 0.514. The number of carbonyl (C=O) groups is 2. The number of halogens is 2. The van der Waals surface area contributed by atoms with E-state index in [4.69, 9.17) is 27.9 Å². The fraction of sp³-hybridized carbons (Fsp3) is 0.0370. The van der Waals surface area contributed by atoms with E-state index in [1.165, 1.54) is 17.6 Å². The van der Waals surface area contributed by atoms with Crippen molar-refractivity contribution in [1.82, 2.24) is 15.2 Å². The number of amides is 1. The van der Waals surface area contributed by atoms with Gasteiger partial charge in [0.15, 0.2) is 5.69 Å². The maximum absolute atomic E-state index is 12.6. The topological polar surface area (TPSA) is 85.6 Å². The Labute approximate surface area is 225 Å². The van der Waals surface area contributed by atoms with Crippen molar-refractivity contribution in [3.63, 3.8) is 0 Å². The molecule has 0 aliphatic rings. The molecule has 2 aromatic heterocycles. The summed E-state index contributed by atoms with van der Waals surface area (Å²) < 4.78 is 8.05. The Morgan fingerprint density at radius 1 is 1.00 bits per heavy atom. The van der Waals surface area contributed by atoms with Gasteiger partial charge in [0, 0.05) is 21.3 Å².